The molecule has 0 saturated carbocycles. The maximum Gasteiger partial charge on any atom is 0.146 e. The molecule has 22 heavy (non-hydrogen) atoms. The van der Waals surface area contributed by atoms with Gasteiger partial charge in [-0.05, 0) is 50.7 Å². The van der Waals surface area contributed by atoms with Gasteiger partial charge in [-0.25, -0.2) is 4.39 Å². The van der Waals surface area contributed by atoms with Gasteiger partial charge in [0.25, 0.3) is 0 Å². The van der Waals surface area contributed by atoms with Crippen molar-refractivity contribution in [3.63, 3.8) is 0 Å². The average Bonchev–Trinajstić information content (AvgIpc) is 2.80. The van der Waals surface area contributed by atoms with Crippen molar-refractivity contribution >= 4 is 5.69 Å². The zero-order valence-electron chi connectivity index (χ0n) is 13.0. The lowest BCUT2D eigenvalue weighted by molar-refractivity contribution is 0.00678. The van der Waals surface area contributed by atoms with E-state index in [9.17, 15) is 9.50 Å². The van der Waals surface area contributed by atoms with Crippen molar-refractivity contribution in [3.05, 3.63) is 30.1 Å². The van der Waals surface area contributed by atoms with Crippen LogP contribution in [0.25, 0.3) is 0 Å². The molecule has 0 amide bonds. The van der Waals surface area contributed by atoms with Crippen LogP contribution >= 0.6 is 0 Å². The number of fused-ring (bicyclic) bond motifs is 2. The summed E-state index contributed by atoms with van der Waals surface area (Å²) in [6.45, 7) is 1.87. The van der Waals surface area contributed by atoms with Gasteiger partial charge >= 0.3 is 0 Å². The molecule has 0 aliphatic carbocycles. The number of benzene rings is 1. The fourth-order valence-electron chi connectivity index (χ4n) is 4.91. The summed E-state index contributed by atoms with van der Waals surface area (Å²) in [5.74, 6) is -0.111. The largest absolute Gasteiger partial charge is 0.393 e. The first-order chi connectivity index (χ1) is 10.7. The number of hydrogen-bond donors (Lipinski definition) is 1. The number of hydrogen-bond acceptors (Lipinski definition) is 3. The van der Waals surface area contributed by atoms with Gasteiger partial charge in [0.2, 0.25) is 0 Å². The molecule has 2 bridgehead atoms. The van der Waals surface area contributed by atoms with Crippen molar-refractivity contribution in [3.8, 4) is 0 Å². The highest BCUT2D eigenvalue weighted by molar-refractivity contribution is 5.48. The number of rotatable bonds is 2. The minimum atomic E-state index is -0.111. The van der Waals surface area contributed by atoms with Crippen LogP contribution in [0.4, 0.5) is 10.1 Å². The monoisotopic (exact) mass is 304 g/mol. The molecule has 1 N–H and O–H groups in total. The van der Waals surface area contributed by atoms with Crippen molar-refractivity contribution in [2.24, 2.45) is 0 Å². The van der Waals surface area contributed by atoms with E-state index in [2.05, 4.69) is 9.80 Å². The van der Waals surface area contributed by atoms with E-state index < -0.39 is 0 Å². The van der Waals surface area contributed by atoms with Gasteiger partial charge in [0, 0.05) is 31.2 Å². The molecular weight excluding hydrogens is 279 g/mol. The molecule has 3 nitrogen and oxygen atoms in total. The van der Waals surface area contributed by atoms with Crippen molar-refractivity contribution in [1.29, 1.82) is 0 Å². The Morgan fingerprint density at radius 2 is 1.73 bits per heavy atom. The molecule has 1 aromatic carbocycles. The first-order valence-electron chi connectivity index (χ1n) is 8.67. The second-order valence-corrected chi connectivity index (χ2v) is 7.15. The number of halogens is 1. The average molecular weight is 304 g/mol. The molecule has 3 aliphatic heterocycles. The van der Waals surface area contributed by atoms with Gasteiger partial charge in [0.1, 0.15) is 5.82 Å². The highest BCUT2D eigenvalue weighted by Gasteiger charge is 2.44. The standard InChI is InChI=1S/C18H25FN2O/c19-17-5-1-2-6-18(17)20-9-3-4-15(12-20)21-13-7-8-14(21)11-16(22)10-13/h1-2,5-6,13-16,22H,3-4,7-12H2/t13?,14?,15-,16?/m0/s1. The summed E-state index contributed by atoms with van der Waals surface area (Å²) in [6.07, 6.45) is 6.50. The predicted molar refractivity (Wildman–Crippen MR) is 85.5 cm³/mol. The highest BCUT2D eigenvalue weighted by Crippen LogP contribution is 2.39. The van der Waals surface area contributed by atoms with Crippen LogP contribution in [-0.2, 0) is 0 Å². The smallest absolute Gasteiger partial charge is 0.146 e. The molecule has 3 heterocycles. The second kappa shape index (κ2) is 5.82. The van der Waals surface area contributed by atoms with Crippen LogP contribution in [0.5, 0.6) is 0 Å². The molecule has 4 rings (SSSR count). The molecule has 3 aliphatic rings. The van der Waals surface area contributed by atoms with E-state index >= 15 is 0 Å². The van der Waals surface area contributed by atoms with Gasteiger partial charge in [-0.3, -0.25) is 4.90 Å². The van der Waals surface area contributed by atoms with Crippen LogP contribution in [-0.4, -0.2) is 47.3 Å². The van der Waals surface area contributed by atoms with Crippen LogP contribution in [0.15, 0.2) is 24.3 Å². The van der Waals surface area contributed by atoms with E-state index in [0.717, 1.165) is 38.0 Å². The summed E-state index contributed by atoms with van der Waals surface area (Å²) in [7, 11) is 0. The second-order valence-electron chi connectivity index (χ2n) is 7.15. The van der Waals surface area contributed by atoms with E-state index in [-0.39, 0.29) is 11.9 Å². The Balaban J connectivity index is 1.51. The lowest BCUT2D eigenvalue weighted by Gasteiger charge is -2.46. The molecule has 0 radical (unpaired) electrons. The first kappa shape index (κ1) is 14.5. The van der Waals surface area contributed by atoms with Gasteiger partial charge in [0.05, 0.1) is 11.8 Å². The number of aliphatic hydroxyl groups is 1. The lowest BCUT2D eigenvalue weighted by Crippen LogP contribution is -2.55. The Kier molecular flexibility index (Phi) is 3.82. The number of anilines is 1. The van der Waals surface area contributed by atoms with Crippen molar-refractivity contribution < 1.29 is 9.50 Å². The lowest BCUT2D eigenvalue weighted by atomic mass is 9.94. The Hall–Kier alpha value is -1.13. The Morgan fingerprint density at radius 3 is 2.45 bits per heavy atom. The molecule has 3 fully saturated rings. The maximum atomic E-state index is 14.1. The summed E-state index contributed by atoms with van der Waals surface area (Å²) in [5.41, 5.74) is 0.747. The van der Waals surface area contributed by atoms with Crippen LogP contribution in [0.3, 0.4) is 0 Å². The Bertz CT molecular complexity index is 524. The molecule has 0 aromatic heterocycles. The topological polar surface area (TPSA) is 26.7 Å². The quantitative estimate of drug-likeness (QED) is 0.910. The third-order valence-electron chi connectivity index (χ3n) is 5.78. The molecular formula is C18H25FN2O. The van der Waals surface area contributed by atoms with E-state index in [0.29, 0.717) is 18.1 Å². The molecule has 2 unspecified atom stereocenters. The molecule has 3 saturated heterocycles. The van der Waals surface area contributed by atoms with Crippen LogP contribution in [0.2, 0.25) is 0 Å². The van der Waals surface area contributed by atoms with E-state index in [1.807, 2.05) is 12.1 Å². The molecule has 120 valence electrons. The van der Waals surface area contributed by atoms with Crippen molar-refractivity contribution in [2.75, 3.05) is 18.0 Å². The fourth-order valence-corrected chi connectivity index (χ4v) is 4.91. The van der Waals surface area contributed by atoms with Gasteiger partial charge < -0.3 is 10.0 Å². The third kappa shape index (κ3) is 2.52. The number of aliphatic hydroxyl groups excluding tert-OH is 1. The number of nitrogens with zero attached hydrogens (tertiary/aromatic N) is 2. The summed E-state index contributed by atoms with van der Waals surface area (Å²) < 4.78 is 14.1. The number of piperidine rings is 2. The van der Waals surface area contributed by atoms with Gasteiger partial charge in [-0.2, -0.15) is 0 Å². The SMILES string of the molecule is OC1CC2CCC(C1)N2[C@H]1CCCN(c2ccccc2F)C1. The summed E-state index contributed by atoms with van der Waals surface area (Å²) in [5, 5.41) is 9.99. The number of para-hydroxylation sites is 1. The third-order valence-corrected chi connectivity index (χ3v) is 5.78. The highest BCUT2D eigenvalue weighted by atomic mass is 19.1. The zero-order chi connectivity index (χ0) is 15.1. The molecule has 0 spiro atoms. The van der Waals surface area contributed by atoms with Crippen LogP contribution in [0, 0.1) is 5.82 Å². The zero-order valence-corrected chi connectivity index (χ0v) is 13.0. The summed E-state index contributed by atoms with van der Waals surface area (Å²) >= 11 is 0. The van der Waals surface area contributed by atoms with Crippen molar-refractivity contribution in [2.45, 2.75) is 62.8 Å². The summed E-state index contributed by atoms with van der Waals surface area (Å²) in [6, 6.07) is 8.72. The predicted octanol–water partition coefficient (Wildman–Crippen LogP) is 2.78. The Labute approximate surface area is 131 Å². The van der Waals surface area contributed by atoms with Crippen LogP contribution in [0.1, 0.15) is 38.5 Å². The van der Waals surface area contributed by atoms with Crippen LogP contribution < -0.4 is 4.90 Å². The van der Waals surface area contributed by atoms with E-state index in [1.54, 1.807) is 12.1 Å². The van der Waals surface area contributed by atoms with Crippen molar-refractivity contribution in [1.82, 2.24) is 4.90 Å². The van der Waals surface area contributed by atoms with Gasteiger partial charge in [-0.1, -0.05) is 12.1 Å². The Morgan fingerprint density at radius 1 is 1.00 bits per heavy atom. The minimum Gasteiger partial charge on any atom is -0.393 e. The van der Waals surface area contributed by atoms with E-state index in [4.69, 9.17) is 0 Å². The molecule has 4 heteroatoms. The van der Waals surface area contributed by atoms with Gasteiger partial charge in [-0.15, -0.1) is 0 Å². The first-order valence-corrected chi connectivity index (χ1v) is 8.67. The minimum absolute atomic E-state index is 0.111. The normalized spacial score (nSPS) is 35.8. The molecule has 1 aromatic rings. The summed E-state index contributed by atoms with van der Waals surface area (Å²) in [4.78, 5) is 4.88. The maximum absolute atomic E-state index is 14.1. The van der Waals surface area contributed by atoms with E-state index in [1.165, 1.54) is 19.3 Å². The van der Waals surface area contributed by atoms with Gasteiger partial charge in [0.15, 0.2) is 0 Å². The fraction of sp³-hybridized carbons (Fsp3) is 0.667. The molecule has 3 atom stereocenters.